The first kappa shape index (κ1) is 17.7. The maximum Gasteiger partial charge on any atom is 0.319 e. The van der Waals surface area contributed by atoms with E-state index >= 15 is 0 Å². The molecule has 0 bridgehead atoms. The van der Waals surface area contributed by atoms with Gasteiger partial charge in [0.05, 0.1) is 6.61 Å². The van der Waals surface area contributed by atoms with Gasteiger partial charge in [0, 0.05) is 19.3 Å². The Morgan fingerprint density at radius 2 is 1.75 bits per heavy atom. The number of hydrogen-bond acceptors (Lipinski definition) is 3. The topological polar surface area (TPSA) is 59.6 Å². The van der Waals surface area contributed by atoms with Crippen molar-refractivity contribution in [2.75, 3.05) is 32.2 Å². The summed E-state index contributed by atoms with van der Waals surface area (Å²) in [6, 6.07) is 13.0. The molecule has 0 saturated heterocycles. The van der Waals surface area contributed by atoms with Crippen LogP contribution >= 0.6 is 0 Å². The maximum atomic E-state index is 12.8. The molecule has 0 spiro atoms. The molecule has 6 heteroatoms. The second-order valence-corrected chi connectivity index (χ2v) is 5.12. The molecule has 0 aliphatic carbocycles. The van der Waals surface area contributed by atoms with Crippen LogP contribution in [0.5, 0.6) is 5.75 Å². The number of nitrogens with one attached hydrogen (secondary N) is 2. The van der Waals surface area contributed by atoms with E-state index < -0.39 is 0 Å². The van der Waals surface area contributed by atoms with Crippen molar-refractivity contribution in [3.05, 3.63) is 59.9 Å². The Morgan fingerprint density at radius 1 is 1.04 bits per heavy atom. The number of amides is 2. The van der Waals surface area contributed by atoms with Crippen molar-refractivity contribution in [1.29, 1.82) is 0 Å². The third kappa shape index (κ3) is 6.26. The Balaban J connectivity index is 1.70. The van der Waals surface area contributed by atoms with E-state index in [9.17, 15) is 9.18 Å². The van der Waals surface area contributed by atoms with E-state index in [2.05, 4.69) is 10.6 Å². The van der Waals surface area contributed by atoms with Crippen LogP contribution in [0.2, 0.25) is 0 Å². The number of anilines is 1. The van der Waals surface area contributed by atoms with Gasteiger partial charge in [-0.25, -0.2) is 9.18 Å². The van der Waals surface area contributed by atoms with Gasteiger partial charge in [0.25, 0.3) is 0 Å². The van der Waals surface area contributed by atoms with Crippen molar-refractivity contribution in [1.82, 2.24) is 5.32 Å². The van der Waals surface area contributed by atoms with Gasteiger partial charge in [0.15, 0.2) is 0 Å². The summed E-state index contributed by atoms with van der Waals surface area (Å²) in [7, 11) is 1.62. The van der Waals surface area contributed by atoms with Crippen molar-refractivity contribution in [2.45, 2.75) is 6.42 Å². The molecule has 128 valence electrons. The summed E-state index contributed by atoms with van der Waals surface area (Å²) in [5.41, 5.74) is 1.64. The van der Waals surface area contributed by atoms with E-state index in [1.54, 1.807) is 43.5 Å². The normalized spacial score (nSPS) is 10.2. The molecule has 5 nitrogen and oxygen atoms in total. The third-order valence-electron chi connectivity index (χ3n) is 3.28. The van der Waals surface area contributed by atoms with Gasteiger partial charge < -0.3 is 20.1 Å². The Labute approximate surface area is 140 Å². The van der Waals surface area contributed by atoms with Crippen LogP contribution in [0.3, 0.4) is 0 Å². The molecule has 0 aliphatic rings. The minimum atomic E-state index is -0.287. The molecule has 2 amide bonds. The van der Waals surface area contributed by atoms with Crippen LogP contribution < -0.4 is 15.4 Å². The first-order valence-corrected chi connectivity index (χ1v) is 7.68. The predicted octanol–water partition coefficient (Wildman–Crippen LogP) is 3.22. The van der Waals surface area contributed by atoms with Gasteiger partial charge >= 0.3 is 6.03 Å². The summed E-state index contributed by atoms with van der Waals surface area (Å²) in [5.74, 6) is 0.452. The minimum Gasteiger partial charge on any atom is -0.491 e. The molecule has 2 aromatic rings. The monoisotopic (exact) mass is 332 g/mol. The van der Waals surface area contributed by atoms with Crippen LogP contribution in [-0.2, 0) is 11.2 Å². The lowest BCUT2D eigenvalue weighted by Gasteiger charge is -2.09. The number of rotatable bonds is 8. The highest BCUT2D eigenvalue weighted by Gasteiger charge is 2.02. The Morgan fingerprint density at radius 3 is 2.42 bits per heavy atom. The molecule has 0 unspecified atom stereocenters. The molecular formula is C18H21FN2O3. The number of hydrogen-bond donors (Lipinski definition) is 2. The lowest BCUT2D eigenvalue weighted by atomic mass is 10.1. The van der Waals surface area contributed by atoms with Gasteiger partial charge in [-0.05, 0) is 48.4 Å². The van der Waals surface area contributed by atoms with Crippen LogP contribution in [0.15, 0.2) is 48.5 Å². The zero-order valence-electron chi connectivity index (χ0n) is 13.5. The summed E-state index contributed by atoms with van der Waals surface area (Å²) in [6.07, 6.45) is 0.639. The number of carbonyl (C=O) groups excluding carboxylic acids is 1. The highest BCUT2D eigenvalue weighted by molar-refractivity contribution is 5.89. The fourth-order valence-electron chi connectivity index (χ4n) is 2.02. The number of benzene rings is 2. The second-order valence-electron chi connectivity index (χ2n) is 5.12. The predicted molar refractivity (Wildman–Crippen MR) is 90.9 cm³/mol. The SMILES string of the molecule is COCCOc1ccc(NC(=O)NCCc2ccc(F)cc2)cc1. The Hall–Kier alpha value is -2.60. The van der Waals surface area contributed by atoms with Crippen molar-refractivity contribution in [3.63, 3.8) is 0 Å². The largest absolute Gasteiger partial charge is 0.491 e. The van der Waals surface area contributed by atoms with Crippen molar-refractivity contribution in [2.24, 2.45) is 0 Å². The number of halogens is 1. The summed E-state index contributed by atoms with van der Waals surface area (Å²) < 4.78 is 23.2. The minimum absolute atomic E-state index is 0.265. The number of ether oxygens (including phenoxy) is 2. The quantitative estimate of drug-likeness (QED) is 0.730. The summed E-state index contributed by atoms with van der Waals surface area (Å²) in [5, 5.41) is 5.50. The van der Waals surface area contributed by atoms with Crippen LogP contribution in [-0.4, -0.2) is 32.9 Å². The summed E-state index contributed by atoms with van der Waals surface area (Å²) in [6.45, 7) is 1.47. The van der Waals surface area contributed by atoms with Gasteiger partial charge in [-0.2, -0.15) is 0 Å². The first-order valence-electron chi connectivity index (χ1n) is 7.68. The molecule has 0 aromatic heterocycles. The average molecular weight is 332 g/mol. The van der Waals surface area contributed by atoms with Gasteiger partial charge in [-0.1, -0.05) is 12.1 Å². The fourth-order valence-corrected chi connectivity index (χ4v) is 2.02. The smallest absolute Gasteiger partial charge is 0.319 e. The standard InChI is InChI=1S/C18H21FN2O3/c1-23-12-13-24-17-8-6-16(7-9-17)21-18(22)20-11-10-14-2-4-15(19)5-3-14/h2-9H,10-13H2,1H3,(H2,20,21,22). The lowest BCUT2D eigenvalue weighted by molar-refractivity contribution is 0.146. The molecule has 24 heavy (non-hydrogen) atoms. The average Bonchev–Trinajstić information content (AvgIpc) is 2.58. The lowest BCUT2D eigenvalue weighted by Crippen LogP contribution is -2.30. The Kier molecular flexibility index (Phi) is 7.04. The molecule has 0 radical (unpaired) electrons. The van der Waals surface area contributed by atoms with Crippen LogP contribution in [0.25, 0.3) is 0 Å². The molecule has 2 aromatic carbocycles. The summed E-state index contributed by atoms with van der Waals surface area (Å²) in [4.78, 5) is 11.8. The Bertz CT molecular complexity index is 630. The first-order chi connectivity index (χ1) is 11.7. The van der Waals surface area contributed by atoms with Crippen molar-refractivity contribution in [3.8, 4) is 5.75 Å². The number of methoxy groups -OCH3 is 1. The van der Waals surface area contributed by atoms with Gasteiger partial charge in [0.2, 0.25) is 0 Å². The maximum absolute atomic E-state index is 12.8. The van der Waals surface area contributed by atoms with Gasteiger partial charge in [-0.15, -0.1) is 0 Å². The van der Waals surface area contributed by atoms with Gasteiger partial charge in [-0.3, -0.25) is 0 Å². The van der Waals surface area contributed by atoms with Crippen LogP contribution in [0.1, 0.15) is 5.56 Å². The molecular weight excluding hydrogens is 311 g/mol. The summed E-state index contributed by atoms with van der Waals surface area (Å²) >= 11 is 0. The van der Waals surface area contributed by atoms with Crippen molar-refractivity contribution >= 4 is 11.7 Å². The molecule has 2 rings (SSSR count). The van der Waals surface area contributed by atoms with Crippen molar-refractivity contribution < 1.29 is 18.7 Å². The fraction of sp³-hybridized carbons (Fsp3) is 0.278. The van der Waals surface area contributed by atoms with E-state index in [0.717, 1.165) is 5.56 Å². The highest BCUT2D eigenvalue weighted by Crippen LogP contribution is 2.15. The molecule has 0 atom stereocenters. The zero-order valence-corrected chi connectivity index (χ0v) is 13.5. The van der Waals surface area contributed by atoms with E-state index in [1.807, 2.05) is 0 Å². The zero-order chi connectivity index (χ0) is 17.2. The molecule has 2 N–H and O–H groups in total. The van der Waals surface area contributed by atoms with Crippen LogP contribution in [0.4, 0.5) is 14.9 Å². The third-order valence-corrected chi connectivity index (χ3v) is 3.28. The van der Waals surface area contributed by atoms with Gasteiger partial charge in [0.1, 0.15) is 18.2 Å². The molecule has 0 fully saturated rings. The molecule has 0 saturated carbocycles. The van der Waals surface area contributed by atoms with Crippen LogP contribution in [0, 0.1) is 5.82 Å². The van der Waals surface area contributed by atoms with E-state index in [-0.39, 0.29) is 11.8 Å². The molecule has 0 aliphatic heterocycles. The van der Waals surface area contributed by atoms with E-state index in [0.29, 0.717) is 37.6 Å². The number of urea groups is 1. The number of carbonyl (C=O) groups is 1. The molecule has 0 heterocycles. The van der Waals surface area contributed by atoms with E-state index in [4.69, 9.17) is 9.47 Å². The van der Waals surface area contributed by atoms with E-state index in [1.165, 1.54) is 12.1 Å². The second kappa shape index (κ2) is 9.52. The highest BCUT2D eigenvalue weighted by atomic mass is 19.1.